The van der Waals surface area contributed by atoms with Crippen LogP contribution in [0.25, 0.3) is 5.69 Å². The summed E-state index contributed by atoms with van der Waals surface area (Å²) in [5, 5.41) is 0. The summed E-state index contributed by atoms with van der Waals surface area (Å²) in [6.07, 6.45) is 2.02. The van der Waals surface area contributed by atoms with Crippen molar-refractivity contribution in [2.45, 2.75) is 0 Å². The largest absolute Gasteiger partial charge is 0.302 e. The Bertz CT molecular complexity index is 512. The molecule has 0 unspecified atom stereocenters. The van der Waals surface area contributed by atoms with Gasteiger partial charge in [-0.2, -0.15) is 0 Å². The van der Waals surface area contributed by atoms with Crippen LogP contribution >= 0.6 is 22.6 Å². The Morgan fingerprint density at radius 1 is 1.07 bits per heavy atom. The van der Waals surface area contributed by atoms with Crippen LogP contribution in [0.3, 0.4) is 0 Å². The van der Waals surface area contributed by atoms with Gasteiger partial charge in [0.1, 0.15) is 5.49 Å². The molecule has 0 aliphatic carbocycles. The van der Waals surface area contributed by atoms with Gasteiger partial charge in [0.25, 0.3) is 0 Å². The number of benzene rings is 1. The Hall–Kier alpha value is -1.10. The number of halogens is 1. The first kappa shape index (κ1) is 10.4. The maximum Gasteiger partial charge on any atom is 0.131 e. The molecule has 3 heteroatoms. The van der Waals surface area contributed by atoms with Crippen LogP contribution < -0.4 is 5.49 Å². The highest BCUT2D eigenvalue weighted by Crippen LogP contribution is 2.09. The molecule has 0 aliphatic rings. The Labute approximate surface area is 102 Å². The molecule has 0 fully saturated rings. The topological polar surface area (TPSA) is 17.3 Å². The van der Waals surface area contributed by atoms with Crippen LogP contribution in [0.2, 0.25) is 0 Å². The van der Waals surface area contributed by atoms with Gasteiger partial charge >= 0.3 is 0 Å². The van der Waals surface area contributed by atoms with E-state index in [-0.39, 0.29) is 0 Å². The molecule has 0 bridgehead atoms. The molecule has 0 amide bonds. The molecular weight excluding hydrogens is 299 g/mol. The first-order chi connectivity index (χ1) is 7.31. The van der Waals surface area contributed by atoms with Crippen molar-refractivity contribution in [1.82, 2.24) is 4.57 Å². The van der Waals surface area contributed by atoms with Crippen LogP contribution in [-0.2, 0) is 0 Å². The number of aromatic nitrogens is 1. The van der Waals surface area contributed by atoms with Crippen molar-refractivity contribution in [3.63, 3.8) is 0 Å². The monoisotopic (exact) mass is 310 g/mol. The summed E-state index contributed by atoms with van der Waals surface area (Å²) in [5.41, 5.74) is 2.09. The summed E-state index contributed by atoms with van der Waals surface area (Å²) in [7, 11) is 1.80. The number of hydrogen-bond acceptors (Lipinski definition) is 1. The molecule has 2 aromatic rings. The van der Waals surface area contributed by atoms with E-state index in [2.05, 4.69) is 56.4 Å². The highest BCUT2D eigenvalue weighted by molar-refractivity contribution is 14.1. The molecule has 1 aromatic carbocycles. The molecule has 0 aliphatic heterocycles. The molecule has 1 heterocycles. The number of nitrogens with zero attached hydrogens (tertiary/aromatic N) is 2. The van der Waals surface area contributed by atoms with Crippen LogP contribution in [0.5, 0.6) is 0 Å². The third-order valence-electron chi connectivity index (χ3n) is 2.17. The summed E-state index contributed by atoms with van der Waals surface area (Å²) in [4.78, 5) is 4.23. The van der Waals surface area contributed by atoms with E-state index in [9.17, 15) is 0 Å². The Balaban J connectivity index is 2.59. The summed E-state index contributed by atoms with van der Waals surface area (Å²) in [6.45, 7) is 0. The molecule has 76 valence electrons. The van der Waals surface area contributed by atoms with Crippen molar-refractivity contribution >= 4 is 22.6 Å². The molecule has 2 nitrogen and oxygen atoms in total. The molecule has 0 N–H and O–H groups in total. The van der Waals surface area contributed by atoms with Gasteiger partial charge in [0.15, 0.2) is 0 Å². The van der Waals surface area contributed by atoms with Crippen molar-refractivity contribution in [2.75, 3.05) is 7.05 Å². The zero-order valence-corrected chi connectivity index (χ0v) is 10.5. The minimum absolute atomic E-state index is 0.957. The van der Waals surface area contributed by atoms with Gasteiger partial charge < -0.3 is 4.57 Å². The van der Waals surface area contributed by atoms with E-state index in [4.69, 9.17) is 0 Å². The van der Waals surface area contributed by atoms with Crippen LogP contribution in [0.15, 0.2) is 53.7 Å². The second kappa shape index (κ2) is 4.61. The van der Waals surface area contributed by atoms with Crippen molar-refractivity contribution in [2.24, 2.45) is 4.99 Å². The summed E-state index contributed by atoms with van der Waals surface area (Å²) in [5.74, 6) is 0. The highest BCUT2D eigenvalue weighted by atomic mass is 127. The summed E-state index contributed by atoms with van der Waals surface area (Å²) < 4.78 is 3.30. The molecule has 0 saturated heterocycles. The fourth-order valence-corrected chi connectivity index (χ4v) is 1.80. The van der Waals surface area contributed by atoms with Gasteiger partial charge in [-0.15, -0.1) is 0 Å². The minimum Gasteiger partial charge on any atom is -0.302 e. The lowest BCUT2D eigenvalue weighted by Gasteiger charge is -2.06. The van der Waals surface area contributed by atoms with E-state index in [1.165, 1.54) is 3.57 Å². The Morgan fingerprint density at radius 2 is 1.80 bits per heavy atom. The van der Waals surface area contributed by atoms with E-state index >= 15 is 0 Å². The fraction of sp³-hybridized carbons (Fsp3) is 0.0833. The highest BCUT2D eigenvalue weighted by Gasteiger charge is 1.95. The van der Waals surface area contributed by atoms with Crippen molar-refractivity contribution in [3.8, 4) is 5.69 Å². The number of pyridine rings is 1. The zero-order valence-electron chi connectivity index (χ0n) is 8.39. The first-order valence-electron chi connectivity index (χ1n) is 4.68. The van der Waals surface area contributed by atoms with Crippen molar-refractivity contribution in [1.29, 1.82) is 0 Å². The summed E-state index contributed by atoms with van der Waals surface area (Å²) >= 11 is 2.30. The van der Waals surface area contributed by atoms with Crippen LogP contribution in [-0.4, -0.2) is 11.6 Å². The number of rotatable bonds is 1. The molecule has 1 aromatic heterocycles. The quantitative estimate of drug-likeness (QED) is 0.721. The molecule has 0 atom stereocenters. The maximum absolute atomic E-state index is 4.23. The second-order valence-electron chi connectivity index (χ2n) is 3.13. The smallest absolute Gasteiger partial charge is 0.131 e. The molecule has 0 saturated carbocycles. The van der Waals surface area contributed by atoms with Gasteiger partial charge in [0, 0.05) is 22.5 Å². The molecule has 0 spiro atoms. The molecular formula is C12H11IN2. The first-order valence-corrected chi connectivity index (χ1v) is 5.75. The van der Waals surface area contributed by atoms with Crippen LogP contribution in [0.4, 0.5) is 0 Å². The molecule has 2 rings (SSSR count). The standard InChI is InChI=1S/C12H11IN2/c1-14-12-4-2-3-9-15(12)11-7-5-10(13)6-8-11/h2-9H,1H3. The van der Waals surface area contributed by atoms with Gasteiger partial charge in [-0.1, -0.05) is 6.07 Å². The Kier molecular flexibility index (Phi) is 3.20. The lowest BCUT2D eigenvalue weighted by atomic mass is 10.3. The lowest BCUT2D eigenvalue weighted by molar-refractivity contribution is 0.938. The van der Waals surface area contributed by atoms with Gasteiger partial charge in [0.2, 0.25) is 0 Å². The van der Waals surface area contributed by atoms with E-state index in [1.807, 2.05) is 24.4 Å². The SMILES string of the molecule is CN=c1ccccn1-c1ccc(I)cc1. The second-order valence-corrected chi connectivity index (χ2v) is 4.37. The van der Waals surface area contributed by atoms with E-state index in [0.29, 0.717) is 0 Å². The molecule has 0 radical (unpaired) electrons. The fourth-order valence-electron chi connectivity index (χ4n) is 1.44. The van der Waals surface area contributed by atoms with E-state index in [0.717, 1.165) is 11.2 Å². The predicted octanol–water partition coefficient (Wildman–Crippen LogP) is 2.61. The zero-order chi connectivity index (χ0) is 10.7. The lowest BCUT2D eigenvalue weighted by Crippen LogP contribution is -2.17. The number of hydrogen-bond donors (Lipinski definition) is 0. The van der Waals surface area contributed by atoms with Crippen LogP contribution in [0, 0.1) is 3.57 Å². The Morgan fingerprint density at radius 3 is 2.47 bits per heavy atom. The third kappa shape index (κ3) is 2.28. The van der Waals surface area contributed by atoms with Crippen LogP contribution in [0.1, 0.15) is 0 Å². The summed E-state index contributed by atoms with van der Waals surface area (Å²) in [6, 6.07) is 14.4. The average molecular weight is 310 g/mol. The predicted molar refractivity (Wildman–Crippen MR) is 70.0 cm³/mol. The molecule has 15 heavy (non-hydrogen) atoms. The van der Waals surface area contributed by atoms with Gasteiger partial charge in [-0.25, -0.2) is 0 Å². The third-order valence-corrected chi connectivity index (χ3v) is 2.89. The van der Waals surface area contributed by atoms with E-state index in [1.54, 1.807) is 7.05 Å². The maximum atomic E-state index is 4.23. The van der Waals surface area contributed by atoms with Gasteiger partial charge in [0.05, 0.1) is 0 Å². The van der Waals surface area contributed by atoms with Gasteiger partial charge in [-0.05, 0) is 59.0 Å². The normalized spacial score (nSPS) is 11.7. The van der Waals surface area contributed by atoms with E-state index < -0.39 is 0 Å². The average Bonchev–Trinajstić information content (AvgIpc) is 2.30. The minimum atomic E-state index is 0.957. The van der Waals surface area contributed by atoms with Crippen molar-refractivity contribution < 1.29 is 0 Å². The van der Waals surface area contributed by atoms with Gasteiger partial charge in [-0.3, -0.25) is 4.99 Å². The van der Waals surface area contributed by atoms with Crippen molar-refractivity contribution in [3.05, 3.63) is 57.7 Å².